The van der Waals surface area contributed by atoms with Gasteiger partial charge in [-0.25, -0.2) is 9.69 Å². The van der Waals surface area contributed by atoms with Crippen molar-refractivity contribution in [3.05, 3.63) is 24.3 Å². The lowest BCUT2D eigenvalue weighted by Gasteiger charge is -2.17. The number of benzene rings is 1. The van der Waals surface area contributed by atoms with E-state index in [0.29, 0.717) is 11.4 Å². The lowest BCUT2D eigenvalue weighted by Crippen LogP contribution is -2.42. The van der Waals surface area contributed by atoms with Gasteiger partial charge in [-0.2, -0.15) is 0 Å². The number of ether oxygens (including phenoxy) is 1. The summed E-state index contributed by atoms with van der Waals surface area (Å²) in [6.07, 6.45) is -0.0120. The molecule has 0 aromatic heterocycles. The average molecular weight is 366 g/mol. The summed E-state index contributed by atoms with van der Waals surface area (Å²) in [6, 6.07) is 5.40. The Morgan fingerprint density at radius 3 is 2.52 bits per heavy atom. The van der Waals surface area contributed by atoms with E-state index in [1.807, 2.05) is 0 Å². The number of anilines is 1. The Morgan fingerprint density at radius 1 is 1.36 bits per heavy atom. The summed E-state index contributed by atoms with van der Waals surface area (Å²) in [5.74, 6) is -1.80. The van der Waals surface area contributed by atoms with Crippen molar-refractivity contribution >= 4 is 41.1 Å². The topological polar surface area (TPSA) is 113 Å². The van der Waals surface area contributed by atoms with E-state index < -0.39 is 29.1 Å². The number of amides is 3. The fraction of sp³-hybridized carbons (Fsp3) is 0.375. The van der Waals surface area contributed by atoms with Crippen LogP contribution in [0.4, 0.5) is 5.69 Å². The van der Waals surface area contributed by atoms with E-state index in [1.165, 1.54) is 14.0 Å². The maximum atomic E-state index is 12.5. The van der Waals surface area contributed by atoms with Crippen LogP contribution in [0.5, 0.6) is 5.75 Å². The van der Waals surface area contributed by atoms with E-state index in [2.05, 4.69) is 5.32 Å². The van der Waals surface area contributed by atoms with Crippen molar-refractivity contribution in [1.29, 1.82) is 0 Å². The Bertz CT molecular complexity index is 690. The van der Waals surface area contributed by atoms with E-state index in [9.17, 15) is 19.2 Å². The van der Waals surface area contributed by atoms with Crippen LogP contribution in [0, 0.1) is 0 Å². The zero-order chi connectivity index (χ0) is 18.6. The smallest absolute Gasteiger partial charge is 0.327 e. The van der Waals surface area contributed by atoms with Crippen LogP contribution < -0.4 is 15.0 Å². The summed E-state index contributed by atoms with van der Waals surface area (Å²) in [5, 5.41) is 10.7. The van der Waals surface area contributed by atoms with Crippen LogP contribution in [0.1, 0.15) is 13.3 Å². The van der Waals surface area contributed by atoms with Gasteiger partial charge in [0.25, 0.3) is 0 Å². The van der Waals surface area contributed by atoms with Crippen LogP contribution in [-0.2, 0) is 19.2 Å². The first-order valence-corrected chi connectivity index (χ1v) is 8.50. The maximum absolute atomic E-state index is 12.5. The van der Waals surface area contributed by atoms with E-state index in [4.69, 9.17) is 9.84 Å². The number of carboxylic acid groups (broad SMARTS) is 1. The zero-order valence-corrected chi connectivity index (χ0v) is 14.5. The Morgan fingerprint density at radius 2 is 2.00 bits per heavy atom. The number of thioether (sulfide) groups is 1. The molecule has 1 aromatic carbocycles. The largest absolute Gasteiger partial charge is 0.497 e. The number of aliphatic carboxylic acids is 1. The quantitative estimate of drug-likeness (QED) is 0.681. The highest BCUT2D eigenvalue weighted by Gasteiger charge is 2.40. The van der Waals surface area contributed by atoms with E-state index in [1.54, 1.807) is 24.3 Å². The number of carbonyl (C=O) groups is 4. The Balaban J connectivity index is 2.04. The van der Waals surface area contributed by atoms with Crippen LogP contribution in [0.15, 0.2) is 24.3 Å². The van der Waals surface area contributed by atoms with Crippen molar-refractivity contribution in [2.75, 3.05) is 17.8 Å². The molecule has 1 aliphatic heterocycles. The first-order valence-electron chi connectivity index (χ1n) is 7.46. The summed E-state index contributed by atoms with van der Waals surface area (Å²) in [6.45, 7) is 1.22. The van der Waals surface area contributed by atoms with Gasteiger partial charge in [-0.05, 0) is 24.3 Å². The number of carbonyl (C=O) groups excluding carboxylic acids is 3. The van der Waals surface area contributed by atoms with Crippen LogP contribution in [0.25, 0.3) is 0 Å². The van der Waals surface area contributed by atoms with Gasteiger partial charge in [0.05, 0.1) is 18.0 Å². The van der Waals surface area contributed by atoms with E-state index >= 15 is 0 Å². The first-order chi connectivity index (χ1) is 11.8. The molecule has 0 radical (unpaired) electrons. The van der Waals surface area contributed by atoms with Crippen molar-refractivity contribution in [3.63, 3.8) is 0 Å². The molecule has 25 heavy (non-hydrogen) atoms. The molecule has 1 aromatic rings. The van der Waals surface area contributed by atoms with Gasteiger partial charge in [0.1, 0.15) is 11.8 Å². The predicted molar refractivity (Wildman–Crippen MR) is 91.6 cm³/mol. The molecule has 1 heterocycles. The van der Waals surface area contributed by atoms with Gasteiger partial charge in [-0.3, -0.25) is 14.4 Å². The summed E-state index contributed by atoms with van der Waals surface area (Å²) in [7, 11) is 1.52. The first kappa shape index (κ1) is 18.8. The minimum absolute atomic E-state index is 0.00491. The average Bonchev–Trinajstić information content (AvgIpc) is 2.85. The van der Waals surface area contributed by atoms with Gasteiger partial charge in [0, 0.05) is 19.1 Å². The Hall–Kier alpha value is -2.55. The van der Waals surface area contributed by atoms with Crippen LogP contribution >= 0.6 is 11.8 Å². The number of carboxylic acids is 1. The van der Waals surface area contributed by atoms with Gasteiger partial charge in [0.15, 0.2) is 0 Å². The van der Waals surface area contributed by atoms with E-state index in [0.717, 1.165) is 16.7 Å². The molecule has 1 aliphatic rings. The third-order valence-electron chi connectivity index (χ3n) is 3.58. The lowest BCUT2D eigenvalue weighted by molar-refractivity contribution is -0.140. The molecule has 0 spiro atoms. The summed E-state index contributed by atoms with van der Waals surface area (Å²) < 4.78 is 5.04. The van der Waals surface area contributed by atoms with Crippen molar-refractivity contribution in [3.8, 4) is 5.75 Å². The van der Waals surface area contributed by atoms with Crippen molar-refractivity contribution < 1.29 is 29.0 Å². The minimum atomic E-state index is -1.19. The summed E-state index contributed by atoms with van der Waals surface area (Å²) in [4.78, 5) is 47.9. The number of nitrogens with zero attached hydrogens (tertiary/aromatic N) is 1. The number of hydrogen-bond acceptors (Lipinski definition) is 6. The van der Waals surface area contributed by atoms with Crippen LogP contribution in [0.2, 0.25) is 0 Å². The summed E-state index contributed by atoms with van der Waals surface area (Å²) in [5.41, 5.74) is 0.440. The third-order valence-corrected chi connectivity index (χ3v) is 4.87. The van der Waals surface area contributed by atoms with Crippen molar-refractivity contribution in [2.24, 2.45) is 0 Å². The second-order valence-corrected chi connectivity index (χ2v) is 6.62. The molecule has 2 rings (SSSR count). The molecule has 0 unspecified atom stereocenters. The fourth-order valence-electron chi connectivity index (χ4n) is 2.37. The summed E-state index contributed by atoms with van der Waals surface area (Å²) >= 11 is 1.05. The number of nitrogens with one attached hydrogen (secondary N) is 1. The molecule has 0 aliphatic carbocycles. The number of imide groups is 1. The van der Waals surface area contributed by atoms with Crippen LogP contribution in [-0.4, -0.2) is 53.0 Å². The molecule has 8 nitrogen and oxygen atoms in total. The molecule has 0 bridgehead atoms. The predicted octanol–water partition coefficient (Wildman–Crippen LogP) is 0.650. The molecule has 2 N–H and O–H groups in total. The van der Waals surface area contributed by atoms with E-state index in [-0.39, 0.29) is 18.1 Å². The number of rotatable bonds is 7. The third kappa shape index (κ3) is 4.50. The van der Waals surface area contributed by atoms with Gasteiger partial charge in [-0.15, -0.1) is 11.8 Å². The van der Waals surface area contributed by atoms with Gasteiger partial charge >= 0.3 is 5.97 Å². The number of methoxy groups -OCH3 is 1. The molecule has 1 fully saturated rings. The SMILES string of the molecule is COc1ccc(N2C(=O)C[C@@H](SC[C@H](NC(C)=O)C(=O)O)C2=O)cc1. The van der Waals surface area contributed by atoms with Crippen LogP contribution in [0.3, 0.4) is 0 Å². The molecule has 134 valence electrons. The zero-order valence-electron chi connectivity index (χ0n) is 13.7. The van der Waals surface area contributed by atoms with Crippen molar-refractivity contribution in [1.82, 2.24) is 5.32 Å². The second-order valence-electron chi connectivity index (χ2n) is 5.38. The number of hydrogen-bond donors (Lipinski definition) is 2. The molecule has 1 saturated heterocycles. The fourth-order valence-corrected chi connectivity index (χ4v) is 3.53. The highest BCUT2D eigenvalue weighted by molar-refractivity contribution is 8.00. The van der Waals surface area contributed by atoms with Gasteiger partial charge in [0.2, 0.25) is 17.7 Å². The highest BCUT2D eigenvalue weighted by Crippen LogP contribution is 2.30. The highest BCUT2D eigenvalue weighted by atomic mass is 32.2. The lowest BCUT2D eigenvalue weighted by atomic mass is 10.3. The molecule has 3 amide bonds. The molecule has 2 atom stereocenters. The molecule has 0 saturated carbocycles. The molecule has 9 heteroatoms. The molecular weight excluding hydrogens is 348 g/mol. The second kappa shape index (κ2) is 8.02. The van der Waals surface area contributed by atoms with Gasteiger partial charge < -0.3 is 15.2 Å². The molecular formula is C16H18N2O6S. The minimum Gasteiger partial charge on any atom is -0.497 e. The standard InChI is InChI=1S/C16H18N2O6S/c1-9(19)17-12(16(22)23)8-25-13-7-14(20)18(15(13)21)10-3-5-11(24-2)6-4-10/h3-6,12-13H,7-8H2,1-2H3,(H,17,19)(H,22,23)/t12-,13+/m0/s1. The Labute approximate surface area is 148 Å². The normalized spacial score (nSPS) is 18.2. The maximum Gasteiger partial charge on any atom is 0.327 e. The van der Waals surface area contributed by atoms with Gasteiger partial charge in [-0.1, -0.05) is 0 Å². The monoisotopic (exact) mass is 366 g/mol. The Kier molecular flexibility index (Phi) is 6.02. The van der Waals surface area contributed by atoms with Crippen molar-refractivity contribution in [2.45, 2.75) is 24.6 Å².